The van der Waals surface area contributed by atoms with Gasteiger partial charge in [0.05, 0.1) is 41.1 Å². The molecule has 2 aliphatic rings. The first-order valence-corrected chi connectivity index (χ1v) is 10.00. The normalized spacial score (nSPS) is 20.4. The molecule has 5 heterocycles. The van der Waals surface area contributed by atoms with Crippen molar-refractivity contribution >= 4 is 11.6 Å². The lowest BCUT2D eigenvalue weighted by Crippen LogP contribution is -2.39. The molecule has 1 amide bonds. The van der Waals surface area contributed by atoms with E-state index < -0.39 is 0 Å². The van der Waals surface area contributed by atoms with Crippen LogP contribution in [0.1, 0.15) is 23.5 Å². The summed E-state index contributed by atoms with van der Waals surface area (Å²) < 4.78 is 1.74. The van der Waals surface area contributed by atoms with Gasteiger partial charge in [-0.05, 0) is 36.8 Å². The summed E-state index contributed by atoms with van der Waals surface area (Å²) in [4.78, 5) is 26.5. The van der Waals surface area contributed by atoms with Crippen LogP contribution >= 0.6 is 0 Å². The van der Waals surface area contributed by atoms with E-state index in [1.807, 2.05) is 54.8 Å². The van der Waals surface area contributed by atoms with Gasteiger partial charge in [0, 0.05) is 45.3 Å². The molecule has 7 nitrogen and oxygen atoms in total. The first-order chi connectivity index (χ1) is 14.1. The highest BCUT2D eigenvalue weighted by Crippen LogP contribution is 2.45. The molecule has 0 N–H and O–H groups in total. The number of aromatic nitrogens is 4. The number of anilines is 1. The first-order valence-electron chi connectivity index (χ1n) is 10.00. The molecule has 0 bridgehead atoms. The first kappa shape index (κ1) is 17.8. The zero-order valence-corrected chi connectivity index (χ0v) is 16.5. The molecule has 2 aliphatic heterocycles. The van der Waals surface area contributed by atoms with Crippen LogP contribution in [0.25, 0.3) is 0 Å². The maximum Gasteiger partial charge on any atom is 0.228 e. The van der Waals surface area contributed by atoms with E-state index in [4.69, 9.17) is 4.98 Å². The van der Waals surface area contributed by atoms with Crippen LogP contribution in [0.3, 0.4) is 0 Å². The molecule has 148 valence electrons. The van der Waals surface area contributed by atoms with E-state index in [-0.39, 0.29) is 11.3 Å². The van der Waals surface area contributed by atoms with Crippen LogP contribution in [-0.4, -0.2) is 50.2 Å². The number of carbonyl (C=O) groups excluding carboxylic acids is 1. The van der Waals surface area contributed by atoms with E-state index in [0.29, 0.717) is 13.0 Å². The standard InChI is InChI=1S/C22H24N6O/c1-26-11-7-17(25-26)13-20(29)27-12-8-22(15-27)16-28(14-18-5-2-3-9-23-18)19-6-4-10-24-21(19)22/h2-7,9-11H,8,12-16H2,1H3/t22-/m1/s1. The van der Waals surface area contributed by atoms with Crippen molar-refractivity contribution in [3.8, 4) is 0 Å². The molecule has 3 aromatic heterocycles. The Labute approximate surface area is 170 Å². The second-order valence-corrected chi connectivity index (χ2v) is 8.05. The minimum absolute atomic E-state index is 0.106. The van der Waals surface area contributed by atoms with Gasteiger partial charge in [0.2, 0.25) is 5.91 Å². The number of pyridine rings is 2. The van der Waals surface area contributed by atoms with Gasteiger partial charge < -0.3 is 9.80 Å². The van der Waals surface area contributed by atoms with Gasteiger partial charge >= 0.3 is 0 Å². The molecule has 1 atom stereocenters. The summed E-state index contributed by atoms with van der Waals surface area (Å²) in [5.74, 6) is 0.140. The second kappa shape index (κ2) is 6.99. The van der Waals surface area contributed by atoms with Crippen LogP contribution in [0.15, 0.2) is 55.0 Å². The summed E-state index contributed by atoms with van der Waals surface area (Å²) in [6.45, 7) is 3.09. The van der Waals surface area contributed by atoms with E-state index in [1.54, 1.807) is 4.68 Å². The predicted octanol–water partition coefficient (Wildman–Crippen LogP) is 1.94. The molecular formula is C22H24N6O. The Hall–Kier alpha value is -3.22. The molecule has 3 aromatic rings. The van der Waals surface area contributed by atoms with Crippen LogP contribution in [0, 0.1) is 0 Å². The van der Waals surface area contributed by atoms with Gasteiger partial charge in [-0.3, -0.25) is 19.4 Å². The summed E-state index contributed by atoms with van der Waals surface area (Å²) in [5, 5.41) is 4.35. The van der Waals surface area contributed by atoms with Crippen molar-refractivity contribution in [2.45, 2.75) is 24.8 Å². The molecule has 1 fully saturated rings. The monoisotopic (exact) mass is 388 g/mol. The number of nitrogens with zero attached hydrogens (tertiary/aromatic N) is 6. The van der Waals surface area contributed by atoms with Crippen LogP contribution in [0.4, 0.5) is 5.69 Å². The van der Waals surface area contributed by atoms with Crippen LogP contribution < -0.4 is 4.90 Å². The highest BCUT2D eigenvalue weighted by molar-refractivity contribution is 5.79. The van der Waals surface area contributed by atoms with Gasteiger partial charge in [0.15, 0.2) is 0 Å². The third-order valence-electron chi connectivity index (χ3n) is 6.01. The highest BCUT2D eigenvalue weighted by Gasteiger charge is 2.49. The van der Waals surface area contributed by atoms with Crippen molar-refractivity contribution in [3.63, 3.8) is 0 Å². The Morgan fingerprint density at radius 2 is 1.97 bits per heavy atom. The summed E-state index contributed by atoms with van der Waals surface area (Å²) >= 11 is 0. The highest BCUT2D eigenvalue weighted by atomic mass is 16.2. The molecule has 0 saturated carbocycles. The van der Waals surface area contributed by atoms with Crippen molar-refractivity contribution in [3.05, 3.63) is 72.1 Å². The lowest BCUT2D eigenvalue weighted by Gasteiger charge is -2.25. The largest absolute Gasteiger partial charge is 0.363 e. The maximum absolute atomic E-state index is 12.9. The summed E-state index contributed by atoms with van der Waals surface area (Å²) in [5.41, 5.74) is 4.03. The smallest absolute Gasteiger partial charge is 0.228 e. The minimum Gasteiger partial charge on any atom is -0.363 e. The summed E-state index contributed by atoms with van der Waals surface area (Å²) in [7, 11) is 1.87. The van der Waals surface area contributed by atoms with Crippen molar-refractivity contribution in [2.75, 3.05) is 24.5 Å². The van der Waals surface area contributed by atoms with Crippen molar-refractivity contribution in [2.24, 2.45) is 7.05 Å². The Balaban J connectivity index is 1.36. The third-order valence-corrected chi connectivity index (χ3v) is 6.01. The molecule has 1 spiro atoms. The average Bonchev–Trinajstić information content (AvgIpc) is 3.42. The number of likely N-dealkylation sites (tertiary alicyclic amines) is 1. The van der Waals surface area contributed by atoms with Crippen molar-refractivity contribution < 1.29 is 4.79 Å². The van der Waals surface area contributed by atoms with Gasteiger partial charge in [-0.25, -0.2) is 0 Å². The van der Waals surface area contributed by atoms with E-state index in [0.717, 1.165) is 48.8 Å². The number of hydrogen-bond donors (Lipinski definition) is 0. The van der Waals surface area contributed by atoms with E-state index in [2.05, 4.69) is 27.1 Å². The van der Waals surface area contributed by atoms with Gasteiger partial charge in [-0.2, -0.15) is 5.10 Å². The fourth-order valence-electron chi connectivity index (χ4n) is 4.65. The number of aryl methyl sites for hydroxylation is 1. The van der Waals surface area contributed by atoms with E-state index >= 15 is 0 Å². The SMILES string of the molecule is Cn1ccc(CC(=O)N2CC[C@@]3(C2)CN(Cc2ccccn2)c2cccnc23)n1. The summed E-state index contributed by atoms with van der Waals surface area (Å²) in [6, 6.07) is 12.0. The fraction of sp³-hybridized carbons (Fsp3) is 0.364. The Morgan fingerprint density at radius 3 is 2.76 bits per heavy atom. The lowest BCUT2D eigenvalue weighted by atomic mass is 9.85. The van der Waals surface area contributed by atoms with Crippen LogP contribution in [0.2, 0.25) is 0 Å². The molecule has 29 heavy (non-hydrogen) atoms. The Bertz CT molecular complexity index is 1030. The molecule has 7 heteroatoms. The molecule has 0 aliphatic carbocycles. The van der Waals surface area contributed by atoms with Gasteiger partial charge in [0.1, 0.15) is 0 Å². The molecule has 5 rings (SSSR count). The number of carbonyl (C=O) groups is 1. The Morgan fingerprint density at radius 1 is 1.07 bits per heavy atom. The maximum atomic E-state index is 12.9. The van der Waals surface area contributed by atoms with Crippen LogP contribution in [-0.2, 0) is 30.2 Å². The fourth-order valence-corrected chi connectivity index (χ4v) is 4.65. The molecule has 0 aromatic carbocycles. The molecule has 0 radical (unpaired) electrons. The van der Waals surface area contributed by atoms with Crippen molar-refractivity contribution in [1.29, 1.82) is 0 Å². The average molecular weight is 388 g/mol. The topological polar surface area (TPSA) is 67.2 Å². The van der Waals surface area contributed by atoms with Crippen molar-refractivity contribution in [1.82, 2.24) is 24.6 Å². The molecule has 0 unspecified atom stereocenters. The van der Waals surface area contributed by atoms with Gasteiger partial charge in [0.25, 0.3) is 0 Å². The predicted molar refractivity (Wildman–Crippen MR) is 109 cm³/mol. The van der Waals surface area contributed by atoms with Gasteiger partial charge in [-0.1, -0.05) is 6.07 Å². The number of fused-ring (bicyclic) bond motifs is 2. The van der Waals surface area contributed by atoms with E-state index in [9.17, 15) is 4.79 Å². The zero-order chi connectivity index (χ0) is 19.8. The third kappa shape index (κ3) is 3.26. The molecular weight excluding hydrogens is 364 g/mol. The number of amides is 1. The van der Waals surface area contributed by atoms with Crippen LogP contribution in [0.5, 0.6) is 0 Å². The zero-order valence-electron chi connectivity index (χ0n) is 16.5. The second-order valence-electron chi connectivity index (χ2n) is 8.05. The molecule has 1 saturated heterocycles. The van der Waals surface area contributed by atoms with E-state index in [1.165, 1.54) is 0 Å². The van der Waals surface area contributed by atoms with Gasteiger partial charge in [-0.15, -0.1) is 0 Å². The number of rotatable bonds is 4. The number of hydrogen-bond acceptors (Lipinski definition) is 5. The minimum atomic E-state index is -0.106. The Kier molecular flexibility index (Phi) is 4.30. The quantitative estimate of drug-likeness (QED) is 0.683. The lowest BCUT2D eigenvalue weighted by molar-refractivity contribution is -0.129. The summed E-state index contributed by atoms with van der Waals surface area (Å²) in [6.07, 6.45) is 6.86.